The maximum atomic E-state index is 6.16. The first-order valence-corrected chi connectivity index (χ1v) is 8.93. The van der Waals surface area contributed by atoms with Crippen molar-refractivity contribution in [1.82, 2.24) is 5.32 Å². The minimum absolute atomic E-state index is 0.146. The largest absolute Gasteiger partial charge is 0.306 e. The van der Waals surface area contributed by atoms with Gasteiger partial charge in [-0.05, 0) is 60.8 Å². The van der Waals surface area contributed by atoms with E-state index in [4.69, 9.17) is 11.6 Å². The lowest BCUT2D eigenvalue weighted by atomic mass is 9.97. The molecule has 0 aliphatic carbocycles. The molecule has 0 fully saturated rings. The van der Waals surface area contributed by atoms with Crippen LogP contribution in [0.4, 0.5) is 0 Å². The maximum absolute atomic E-state index is 6.16. The first kappa shape index (κ1) is 17.0. The molecule has 1 atom stereocenters. The van der Waals surface area contributed by atoms with Gasteiger partial charge in [0.05, 0.1) is 6.04 Å². The zero-order chi connectivity index (χ0) is 15.4. The molecule has 2 aromatic rings. The third-order valence-electron chi connectivity index (χ3n) is 3.38. The lowest BCUT2D eigenvalue weighted by Crippen LogP contribution is -2.23. The summed E-state index contributed by atoms with van der Waals surface area (Å²) in [5, 5.41) is 4.43. The first-order valence-electron chi connectivity index (χ1n) is 6.97. The zero-order valence-corrected chi connectivity index (χ0v) is 16.0. The van der Waals surface area contributed by atoms with Crippen LogP contribution in [0.3, 0.4) is 0 Å². The van der Waals surface area contributed by atoms with Gasteiger partial charge in [-0.2, -0.15) is 0 Å². The third-order valence-corrected chi connectivity index (χ3v) is 5.02. The number of hydrogen-bond acceptors (Lipinski definition) is 1. The summed E-state index contributed by atoms with van der Waals surface area (Å²) < 4.78 is 2.18. The molecule has 4 heteroatoms. The predicted molar refractivity (Wildman–Crippen MR) is 98.2 cm³/mol. The molecule has 1 unspecified atom stereocenters. The van der Waals surface area contributed by atoms with Crippen LogP contribution in [0.1, 0.15) is 36.1 Å². The molecule has 0 radical (unpaired) electrons. The fraction of sp³-hybridized carbons (Fsp3) is 0.294. The number of aryl methyl sites for hydroxylation is 1. The summed E-state index contributed by atoms with van der Waals surface area (Å²) in [5.74, 6) is 0. The van der Waals surface area contributed by atoms with Crippen molar-refractivity contribution in [2.45, 2.75) is 26.3 Å². The number of hydrogen-bond donors (Lipinski definition) is 1. The summed E-state index contributed by atoms with van der Waals surface area (Å²) in [6.45, 7) is 5.18. The maximum Gasteiger partial charge on any atom is 0.0588 e. The average molecular weight is 432 g/mol. The lowest BCUT2D eigenvalue weighted by Gasteiger charge is -2.22. The number of rotatable bonds is 5. The summed E-state index contributed by atoms with van der Waals surface area (Å²) in [6.07, 6.45) is 1.09. The van der Waals surface area contributed by atoms with Crippen LogP contribution in [0.5, 0.6) is 0 Å². The standard InChI is InChI=1S/C17H18Br2ClN/c1-3-8-21-17(12-4-7-16(20)11(2)9-12)14-10-13(18)5-6-15(14)19/h4-7,9-10,17,21H,3,8H2,1-2H3. The van der Waals surface area contributed by atoms with E-state index in [0.717, 1.165) is 32.5 Å². The second-order valence-corrected chi connectivity index (χ2v) is 7.24. The SMILES string of the molecule is CCCNC(c1ccc(Cl)c(C)c1)c1cc(Br)ccc1Br. The van der Waals surface area contributed by atoms with Gasteiger partial charge in [-0.3, -0.25) is 0 Å². The highest BCUT2D eigenvalue weighted by atomic mass is 79.9. The summed E-state index contributed by atoms with van der Waals surface area (Å²) in [4.78, 5) is 0. The lowest BCUT2D eigenvalue weighted by molar-refractivity contribution is 0.596. The molecule has 0 amide bonds. The molecule has 0 saturated heterocycles. The molecule has 1 N–H and O–H groups in total. The van der Waals surface area contributed by atoms with Crippen molar-refractivity contribution in [2.24, 2.45) is 0 Å². The van der Waals surface area contributed by atoms with Crippen molar-refractivity contribution >= 4 is 43.5 Å². The van der Waals surface area contributed by atoms with Crippen LogP contribution < -0.4 is 5.32 Å². The van der Waals surface area contributed by atoms with Gasteiger partial charge in [-0.15, -0.1) is 0 Å². The second kappa shape index (κ2) is 7.77. The van der Waals surface area contributed by atoms with Crippen molar-refractivity contribution < 1.29 is 0 Å². The van der Waals surface area contributed by atoms with Crippen LogP contribution >= 0.6 is 43.5 Å². The monoisotopic (exact) mass is 429 g/mol. The van der Waals surface area contributed by atoms with E-state index >= 15 is 0 Å². The second-order valence-electron chi connectivity index (χ2n) is 5.06. The Hall–Kier alpha value is -0.350. The normalized spacial score (nSPS) is 12.4. The van der Waals surface area contributed by atoms with Gasteiger partial charge in [-0.1, -0.05) is 62.5 Å². The Labute approximate surface area is 148 Å². The van der Waals surface area contributed by atoms with Gasteiger partial charge in [0.25, 0.3) is 0 Å². The molecule has 112 valence electrons. The van der Waals surface area contributed by atoms with Crippen LogP contribution in [-0.2, 0) is 0 Å². The molecule has 0 bridgehead atoms. The molecule has 0 aliphatic heterocycles. The zero-order valence-electron chi connectivity index (χ0n) is 12.1. The topological polar surface area (TPSA) is 12.0 Å². The highest BCUT2D eigenvalue weighted by Gasteiger charge is 2.17. The fourth-order valence-corrected chi connectivity index (χ4v) is 3.25. The van der Waals surface area contributed by atoms with Crippen LogP contribution in [0.15, 0.2) is 45.3 Å². The highest BCUT2D eigenvalue weighted by molar-refractivity contribution is 9.11. The van der Waals surface area contributed by atoms with Crippen molar-refractivity contribution in [3.8, 4) is 0 Å². The molecular formula is C17H18Br2ClN. The van der Waals surface area contributed by atoms with Crippen molar-refractivity contribution in [3.63, 3.8) is 0 Å². The van der Waals surface area contributed by atoms with Crippen LogP contribution in [0, 0.1) is 6.92 Å². The minimum Gasteiger partial charge on any atom is -0.306 e. The Morgan fingerprint density at radius 3 is 2.57 bits per heavy atom. The summed E-state index contributed by atoms with van der Waals surface area (Å²) in [5.41, 5.74) is 3.55. The highest BCUT2D eigenvalue weighted by Crippen LogP contribution is 2.32. The van der Waals surface area contributed by atoms with Gasteiger partial charge in [0.2, 0.25) is 0 Å². The van der Waals surface area contributed by atoms with E-state index in [1.54, 1.807) is 0 Å². The quantitative estimate of drug-likeness (QED) is 0.589. The molecule has 0 spiro atoms. The van der Waals surface area contributed by atoms with Gasteiger partial charge >= 0.3 is 0 Å². The molecule has 0 aliphatic rings. The van der Waals surface area contributed by atoms with Gasteiger partial charge in [0.1, 0.15) is 0 Å². The fourth-order valence-electron chi connectivity index (χ4n) is 2.28. The van der Waals surface area contributed by atoms with E-state index in [-0.39, 0.29) is 6.04 Å². The van der Waals surface area contributed by atoms with Crippen LogP contribution in [0.2, 0.25) is 5.02 Å². The van der Waals surface area contributed by atoms with E-state index in [2.05, 4.69) is 68.4 Å². The Morgan fingerprint density at radius 2 is 1.90 bits per heavy atom. The van der Waals surface area contributed by atoms with Crippen LogP contribution in [-0.4, -0.2) is 6.54 Å². The Kier molecular flexibility index (Phi) is 6.30. The molecule has 0 aromatic heterocycles. The van der Waals surface area contributed by atoms with Gasteiger partial charge < -0.3 is 5.32 Å². The molecular weight excluding hydrogens is 413 g/mol. The molecule has 2 aromatic carbocycles. The Balaban J connectivity index is 2.46. The smallest absolute Gasteiger partial charge is 0.0588 e. The summed E-state index contributed by atoms with van der Waals surface area (Å²) >= 11 is 13.4. The minimum atomic E-state index is 0.146. The number of benzene rings is 2. The van der Waals surface area contributed by atoms with E-state index in [1.807, 2.05) is 19.1 Å². The Morgan fingerprint density at radius 1 is 1.14 bits per heavy atom. The first-order chi connectivity index (χ1) is 10.0. The van der Waals surface area contributed by atoms with E-state index < -0.39 is 0 Å². The molecule has 0 heterocycles. The molecule has 2 rings (SSSR count). The van der Waals surface area contributed by atoms with Crippen molar-refractivity contribution in [2.75, 3.05) is 6.54 Å². The van der Waals surface area contributed by atoms with E-state index in [0.29, 0.717) is 0 Å². The van der Waals surface area contributed by atoms with Crippen molar-refractivity contribution in [3.05, 3.63) is 67.1 Å². The van der Waals surface area contributed by atoms with E-state index in [9.17, 15) is 0 Å². The van der Waals surface area contributed by atoms with Gasteiger partial charge in [0.15, 0.2) is 0 Å². The van der Waals surface area contributed by atoms with Crippen LogP contribution in [0.25, 0.3) is 0 Å². The van der Waals surface area contributed by atoms with Crippen molar-refractivity contribution in [1.29, 1.82) is 0 Å². The van der Waals surface area contributed by atoms with Gasteiger partial charge in [-0.25, -0.2) is 0 Å². The van der Waals surface area contributed by atoms with Gasteiger partial charge in [0, 0.05) is 14.0 Å². The predicted octanol–water partition coefficient (Wildman–Crippen LogP) is 6.26. The summed E-state index contributed by atoms with van der Waals surface area (Å²) in [6, 6.07) is 12.6. The Bertz CT molecular complexity index is 628. The summed E-state index contributed by atoms with van der Waals surface area (Å²) in [7, 11) is 0. The third kappa shape index (κ3) is 4.32. The molecule has 21 heavy (non-hydrogen) atoms. The number of nitrogens with one attached hydrogen (secondary N) is 1. The average Bonchev–Trinajstić information content (AvgIpc) is 2.46. The molecule has 0 saturated carbocycles. The van der Waals surface area contributed by atoms with E-state index in [1.165, 1.54) is 11.1 Å². The number of halogens is 3. The molecule has 1 nitrogen and oxygen atoms in total.